The van der Waals surface area contributed by atoms with Crippen LogP contribution in [-0.2, 0) is 11.3 Å². The average molecular weight is 419 g/mol. The van der Waals surface area contributed by atoms with E-state index in [1.807, 2.05) is 35.8 Å². The molecule has 1 aliphatic heterocycles. The Hall–Kier alpha value is -3.49. The molecule has 1 aliphatic rings. The molecule has 0 spiro atoms. The molecule has 0 N–H and O–H groups in total. The van der Waals surface area contributed by atoms with Gasteiger partial charge in [0.1, 0.15) is 5.69 Å². The molecular weight excluding hydrogens is 405 g/mol. The highest BCUT2D eigenvalue weighted by Crippen LogP contribution is 2.34. The zero-order valence-corrected chi connectivity index (χ0v) is 15.8. The van der Waals surface area contributed by atoms with Crippen LogP contribution in [0.5, 0.6) is 0 Å². The van der Waals surface area contributed by atoms with E-state index in [2.05, 4.69) is 5.10 Å². The lowest BCUT2D eigenvalue weighted by Crippen LogP contribution is -2.25. The van der Waals surface area contributed by atoms with Crippen molar-refractivity contribution < 1.29 is 26.7 Å². The summed E-state index contributed by atoms with van der Waals surface area (Å²) in [7, 11) is 0. The molecule has 3 aromatic rings. The molecule has 4 nitrogen and oxygen atoms in total. The predicted octanol–water partition coefficient (Wildman–Crippen LogP) is 5.16. The molecule has 0 atom stereocenters. The number of amides is 1. The molecule has 0 radical (unpaired) electrons. The highest BCUT2D eigenvalue weighted by atomic mass is 19.2. The highest BCUT2D eigenvalue weighted by molar-refractivity contribution is 6.32. The van der Waals surface area contributed by atoms with Crippen molar-refractivity contribution in [3.8, 4) is 0 Å². The van der Waals surface area contributed by atoms with Crippen molar-refractivity contribution in [2.75, 3.05) is 5.01 Å². The van der Waals surface area contributed by atoms with E-state index in [0.29, 0.717) is 12.1 Å². The smallest absolute Gasteiger partial charge is 0.280 e. The minimum absolute atomic E-state index is 0.0158. The quantitative estimate of drug-likeness (QED) is 0.250. The van der Waals surface area contributed by atoms with E-state index in [-0.39, 0.29) is 16.3 Å². The first-order valence-corrected chi connectivity index (χ1v) is 8.97. The second-order valence-corrected chi connectivity index (χ2v) is 6.67. The van der Waals surface area contributed by atoms with Gasteiger partial charge in [0.15, 0.2) is 23.3 Å². The number of carbonyl (C=O) groups is 1. The number of rotatable bonds is 3. The van der Waals surface area contributed by atoms with Gasteiger partial charge in [0.05, 0.1) is 11.3 Å². The minimum atomic E-state index is -2.30. The molecule has 1 amide bonds. The van der Waals surface area contributed by atoms with E-state index in [0.717, 1.165) is 10.9 Å². The molecule has 1 aromatic heterocycles. The summed E-state index contributed by atoms with van der Waals surface area (Å²) in [4.78, 5) is 12.8. The Labute approximate surface area is 167 Å². The monoisotopic (exact) mass is 419 g/mol. The van der Waals surface area contributed by atoms with Crippen LogP contribution >= 0.6 is 0 Å². The zero-order chi connectivity index (χ0) is 21.7. The van der Waals surface area contributed by atoms with Crippen LogP contribution in [0.2, 0.25) is 0 Å². The molecule has 4 rings (SSSR count). The van der Waals surface area contributed by atoms with Crippen LogP contribution in [0.25, 0.3) is 17.0 Å². The Kier molecular flexibility index (Phi) is 4.68. The van der Waals surface area contributed by atoms with Crippen LogP contribution in [0.4, 0.5) is 27.6 Å². The largest absolute Gasteiger partial charge is 0.347 e. The Morgan fingerprint density at radius 2 is 1.57 bits per heavy atom. The molecule has 2 aromatic carbocycles. The third-order valence-electron chi connectivity index (χ3n) is 4.92. The summed E-state index contributed by atoms with van der Waals surface area (Å²) in [5, 5.41) is 4.79. The first-order valence-electron chi connectivity index (χ1n) is 8.97. The van der Waals surface area contributed by atoms with E-state index >= 15 is 0 Å². The van der Waals surface area contributed by atoms with Gasteiger partial charge < -0.3 is 4.57 Å². The summed E-state index contributed by atoms with van der Waals surface area (Å²) in [5.74, 6) is -11.8. The van der Waals surface area contributed by atoms with E-state index in [1.165, 1.54) is 13.0 Å². The van der Waals surface area contributed by atoms with Crippen molar-refractivity contribution in [1.82, 2.24) is 4.57 Å². The van der Waals surface area contributed by atoms with Gasteiger partial charge in [-0.15, -0.1) is 0 Å². The molecule has 2 heterocycles. The van der Waals surface area contributed by atoms with Gasteiger partial charge in [-0.2, -0.15) is 10.1 Å². The maximum absolute atomic E-state index is 14.2. The fourth-order valence-corrected chi connectivity index (χ4v) is 3.42. The van der Waals surface area contributed by atoms with Crippen LogP contribution in [0.3, 0.4) is 0 Å². The van der Waals surface area contributed by atoms with Gasteiger partial charge >= 0.3 is 0 Å². The number of nitrogens with zero attached hydrogens (tertiary/aromatic N) is 3. The maximum atomic E-state index is 14.2. The number of para-hydroxylation sites is 1. The van der Waals surface area contributed by atoms with Crippen LogP contribution in [0.15, 0.2) is 41.1 Å². The van der Waals surface area contributed by atoms with Crippen molar-refractivity contribution in [3.05, 3.63) is 70.7 Å². The predicted molar refractivity (Wildman–Crippen MR) is 102 cm³/mol. The lowest BCUT2D eigenvalue weighted by molar-refractivity contribution is -0.114. The molecule has 0 fully saturated rings. The number of fused-ring (bicyclic) bond motifs is 1. The van der Waals surface area contributed by atoms with Crippen LogP contribution in [0, 0.1) is 29.1 Å². The van der Waals surface area contributed by atoms with Gasteiger partial charge in [0.25, 0.3) is 5.91 Å². The summed E-state index contributed by atoms with van der Waals surface area (Å²) in [6.07, 6.45) is 3.29. The normalized spacial score (nSPS) is 15.6. The van der Waals surface area contributed by atoms with Gasteiger partial charge in [-0.1, -0.05) is 18.2 Å². The Bertz CT molecular complexity index is 1250. The number of aromatic nitrogens is 1. The van der Waals surface area contributed by atoms with Gasteiger partial charge in [-0.25, -0.2) is 22.0 Å². The molecule has 0 saturated carbocycles. The maximum Gasteiger partial charge on any atom is 0.280 e. The number of hydrogen-bond acceptors (Lipinski definition) is 2. The van der Waals surface area contributed by atoms with Crippen LogP contribution in [-0.4, -0.2) is 16.2 Å². The van der Waals surface area contributed by atoms with E-state index < -0.39 is 40.7 Å². The first-order chi connectivity index (χ1) is 14.3. The van der Waals surface area contributed by atoms with E-state index in [9.17, 15) is 26.7 Å². The molecular formula is C21H14F5N3O. The number of anilines is 1. The summed E-state index contributed by atoms with van der Waals surface area (Å²) >= 11 is 0. The van der Waals surface area contributed by atoms with Crippen LogP contribution < -0.4 is 5.01 Å². The fraction of sp³-hybridized carbons (Fsp3) is 0.143. The zero-order valence-electron chi connectivity index (χ0n) is 15.8. The average Bonchev–Trinajstić information content (AvgIpc) is 3.23. The minimum Gasteiger partial charge on any atom is -0.347 e. The Morgan fingerprint density at radius 1 is 0.967 bits per heavy atom. The van der Waals surface area contributed by atoms with Gasteiger partial charge in [-0.05, 0) is 26.0 Å². The molecule has 30 heavy (non-hydrogen) atoms. The Morgan fingerprint density at radius 3 is 2.20 bits per heavy atom. The summed E-state index contributed by atoms with van der Waals surface area (Å²) in [6.45, 7) is 4.03. The third-order valence-corrected chi connectivity index (χ3v) is 4.92. The molecule has 0 bridgehead atoms. The standard InChI is InChI=1S/C21H14F5N3O/c1-3-28-9-11(12-6-4-5-7-14(12)28)8-13-10(2)27-29(21(13)30)20-18(25)16(23)15(22)17(24)19(20)26/h4-9H,3H2,1-2H3/b13-8-. The number of carbonyl (C=O) groups excluding carboxylic acids is 1. The van der Waals surface area contributed by atoms with Crippen LogP contribution in [0.1, 0.15) is 19.4 Å². The van der Waals surface area contributed by atoms with Crippen molar-refractivity contribution in [2.24, 2.45) is 5.10 Å². The Balaban J connectivity index is 1.84. The number of aryl methyl sites for hydroxylation is 1. The third kappa shape index (κ3) is 2.80. The summed E-state index contributed by atoms with van der Waals surface area (Å²) in [5.41, 5.74) is 0.235. The molecule has 0 unspecified atom stereocenters. The van der Waals surface area contributed by atoms with Gasteiger partial charge in [-0.3, -0.25) is 4.79 Å². The molecule has 0 saturated heterocycles. The second kappa shape index (κ2) is 7.08. The molecule has 0 aliphatic carbocycles. The molecule has 9 heteroatoms. The first kappa shape index (κ1) is 19.8. The summed E-state index contributed by atoms with van der Waals surface area (Å²) < 4.78 is 70.8. The SMILES string of the molecule is CCn1cc(/C=C2\C(=O)N(c3c(F)c(F)c(F)c(F)c3F)N=C2C)c2ccccc21. The fourth-order valence-electron chi connectivity index (χ4n) is 3.42. The van der Waals surface area contributed by atoms with Crippen molar-refractivity contribution >= 4 is 34.3 Å². The topological polar surface area (TPSA) is 37.6 Å². The number of benzene rings is 2. The van der Waals surface area contributed by atoms with E-state index in [1.54, 1.807) is 6.20 Å². The van der Waals surface area contributed by atoms with Crippen molar-refractivity contribution in [2.45, 2.75) is 20.4 Å². The lowest BCUT2D eigenvalue weighted by Gasteiger charge is -2.15. The van der Waals surface area contributed by atoms with Gasteiger partial charge in [0, 0.05) is 29.2 Å². The highest BCUT2D eigenvalue weighted by Gasteiger charge is 2.37. The van der Waals surface area contributed by atoms with Crippen molar-refractivity contribution in [3.63, 3.8) is 0 Å². The van der Waals surface area contributed by atoms with E-state index in [4.69, 9.17) is 0 Å². The summed E-state index contributed by atoms with van der Waals surface area (Å²) in [6, 6.07) is 7.44. The second-order valence-electron chi connectivity index (χ2n) is 6.67. The number of hydrazone groups is 1. The van der Waals surface area contributed by atoms with Gasteiger partial charge in [0.2, 0.25) is 5.82 Å². The van der Waals surface area contributed by atoms with Crippen molar-refractivity contribution in [1.29, 1.82) is 0 Å². The molecule has 154 valence electrons. The lowest BCUT2D eigenvalue weighted by atomic mass is 10.1. The number of hydrogen-bond donors (Lipinski definition) is 0. The number of halogens is 5.